The Morgan fingerprint density at radius 3 is 1.91 bits per heavy atom. The van der Waals surface area contributed by atoms with Gasteiger partial charge in [0.05, 0.1) is 0 Å². The van der Waals surface area contributed by atoms with E-state index in [9.17, 15) is 0 Å². The van der Waals surface area contributed by atoms with E-state index in [2.05, 4.69) is 114 Å². The van der Waals surface area contributed by atoms with Crippen molar-refractivity contribution in [3.05, 3.63) is 89.5 Å². The van der Waals surface area contributed by atoms with E-state index in [0.717, 1.165) is 0 Å². The first-order chi connectivity index (χ1) is 15.4. The second kappa shape index (κ2) is 17.9. The third kappa shape index (κ3) is 10.3. The third-order valence-corrected chi connectivity index (χ3v) is 17.1. The van der Waals surface area contributed by atoms with E-state index in [4.69, 9.17) is 0 Å². The summed E-state index contributed by atoms with van der Waals surface area (Å²) in [5.41, 5.74) is 6.86. The van der Waals surface area contributed by atoms with E-state index in [1.54, 1.807) is 10.5 Å². The van der Waals surface area contributed by atoms with Gasteiger partial charge in [-0.1, -0.05) is 68.7 Å². The zero-order chi connectivity index (χ0) is 23.5. The van der Waals surface area contributed by atoms with Gasteiger partial charge in [0, 0.05) is 0 Å². The van der Waals surface area contributed by atoms with Crippen molar-refractivity contribution < 1.29 is 46.4 Å². The molecule has 0 heterocycles. The summed E-state index contributed by atoms with van der Waals surface area (Å²) >= 11 is 1.90. The molecule has 182 valence electrons. The molecule has 4 rings (SSSR count). The van der Waals surface area contributed by atoms with Crippen LogP contribution in [0.2, 0.25) is 10.5 Å². The molecule has 0 bridgehead atoms. The fourth-order valence-corrected chi connectivity index (χ4v) is 13.4. The van der Waals surface area contributed by atoms with Crippen molar-refractivity contribution in [2.45, 2.75) is 64.9 Å². The van der Waals surface area contributed by atoms with Crippen LogP contribution >= 0.6 is 0 Å². The summed E-state index contributed by atoms with van der Waals surface area (Å²) in [5.74, 6) is 0.560. The molecule has 0 aromatic heterocycles. The topological polar surface area (TPSA) is 0 Å². The Morgan fingerprint density at radius 2 is 1.44 bits per heavy atom. The summed E-state index contributed by atoms with van der Waals surface area (Å²) < 4.78 is 0. The maximum Gasteiger partial charge on any atom is -0.0623 e. The molecule has 1 aliphatic rings. The Morgan fingerprint density at radius 1 is 0.882 bits per heavy atom. The van der Waals surface area contributed by atoms with Gasteiger partial charge in [-0.3, -0.25) is 6.08 Å². The number of rotatable bonds is 5. The molecule has 0 radical (unpaired) electrons. The van der Waals surface area contributed by atoms with Crippen LogP contribution in [0.25, 0.3) is 21.9 Å². The largest absolute Gasteiger partial charge is 1.00 e. The summed E-state index contributed by atoms with van der Waals surface area (Å²) in [7, 11) is -0.345. The minimum atomic E-state index is -0.345. The summed E-state index contributed by atoms with van der Waals surface area (Å²) in [6.45, 7) is 13.3. The monoisotopic (exact) mass is 632 g/mol. The van der Waals surface area contributed by atoms with Crippen LogP contribution in [-0.2, 0) is 21.6 Å². The molecule has 1 atom stereocenters. The van der Waals surface area contributed by atoms with Gasteiger partial charge in [-0.05, 0) is 0 Å². The Bertz CT molecular complexity index is 1060. The van der Waals surface area contributed by atoms with Gasteiger partial charge >= 0.3 is 68.8 Å². The maximum absolute atomic E-state index is 3.36. The van der Waals surface area contributed by atoms with Crippen LogP contribution in [0.1, 0.15) is 54.4 Å². The number of allylic oxidation sites excluding steroid dienone is 4. The first kappa shape index (κ1) is 33.5. The summed E-state index contributed by atoms with van der Waals surface area (Å²) in [6.07, 6.45) is 6.25. The molecule has 4 heteroatoms. The van der Waals surface area contributed by atoms with Gasteiger partial charge in [0.2, 0.25) is 0 Å². The van der Waals surface area contributed by atoms with Crippen LogP contribution in [0.3, 0.4) is 0 Å². The van der Waals surface area contributed by atoms with E-state index in [-0.39, 0.29) is 34.8 Å². The van der Waals surface area contributed by atoms with E-state index in [0.29, 0.717) is 5.92 Å². The second-order valence-electron chi connectivity index (χ2n) is 8.60. The van der Waals surface area contributed by atoms with Gasteiger partial charge in [0.25, 0.3) is 0 Å². The average molecular weight is 633 g/mol. The van der Waals surface area contributed by atoms with Crippen molar-refractivity contribution in [1.29, 1.82) is 0 Å². The molecular weight excluding hydrogens is 595 g/mol. The second-order valence-corrected chi connectivity index (χ2v) is 22.3. The van der Waals surface area contributed by atoms with Gasteiger partial charge < -0.3 is 24.8 Å². The third-order valence-electron chi connectivity index (χ3n) is 6.11. The normalized spacial score (nSPS) is 14.1. The molecule has 1 unspecified atom stereocenters. The van der Waals surface area contributed by atoms with Gasteiger partial charge in [-0.2, -0.15) is 11.1 Å². The average Bonchev–Trinajstić information content (AvgIpc) is 3.32. The Hall–Kier alpha value is -0.464. The van der Waals surface area contributed by atoms with Crippen molar-refractivity contribution in [1.82, 2.24) is 0 Å². The quantitative estimate of drug-likeness (QED) is 0.299. The van der Waals surface area contributed by atoms with Crippen molar-refractivity contribution in [2.24, 2.45) is 5.92 Å². The van der Waals surface area contributed by atoms with Crippen LogP contribution in [0.15, 0.2) is 83.4 Å². The summed E-state index contributed by atoms with van der Waals surface area (Å²) in [4.78, 5) is 0. The fraction of sp³-hybridized carbons (Fsp3) is 0.367. The van der Waals surface area contributed by atoms with Crippen molar-refractivity contribution in [3.8, 4) is 11.1 Å². The number of hydrogen-bond acceptors (Lipinski definition) is 0. The summed E-state index contributed by atoms with van der Waals surface area (Å²) in [6, 6.07) is 23.4. The first-order valence-corrected chi connectivity index (χ1v) is 22.3. The van der Waals surface area contributed by atoms with E-state index < -0.39 is 0 Å². The minimum absolute atomic E-state index is 0. The van der Waals surface area contributed by atoms with Crippen molar-refractivity contribution in [3.63, 3.8) is 0 Å². The smallest absolute Gasteiger partial charge is 0.0623 e. The molecular formula is C30H38Cl2GeZr-2. The zero-order valence-corrected chi connectivity index (χ0v) is 27.6. The number of halogens is 2. The van der Waals surface area contributed by atoms with Crippen LogP contribution in [0, 0.1) is 12.0 Å². The maximum atomic E-state index is 3.36. The molecule has 3 aromatic rings. The first-order valence-electron chi connectivity index (χ1n) is 11.9. The predicted octanol–water partition coefficient (Wildman–Crippen LogP) is 3.30. The van der Waals surface area contributed by atoms with Crippen LogP contribution in [0.5, 0.6) is 0 Å². The number of benzene rings is 2. The van der Waals surface area contributed by atoms with Crippen LogP contribution < -0.4 is 24.8 Å². The van der Waals surface area contributed by atoms with E-state index in [1.165, 1.54) is 51.5 Å². The zero-order valence-electron chi connectivity index (χ0n) is 21.5. The predicted molar refractivity (Wildman–Crippen MR) is 141 cm³/mol. The van der Waals surface area contributed by atoms with E-state index in [1.807, 2.05) is 21.6 Å². The summed E-state index contributed by atoms with van der Waals surface area (Å²) in [5, 5.41) is 5.89. The van der Waals surface area contributed by atoms with Crippen molar-refractivity contribution in [2.75, 3.05) is 0 Å². The Balaban J connectivity index is 0.000000503. The van der Waals surface area contributed by atoms with Gasteiger partial charge in [-0.15, -0.1) is 53.6 Å². The SMILES string of the molecule is CC1=[C-]C(C)C(C)=C1C.CC[CH2][Ge](=[Zr+2])[CH2]CC.[Cl-].[Cl-].c1ccc(-c2c[cH-]c3ccccc23)cc1. The van der Waals surface area contributed by atoms with Gasteiger partial charge in [-0.25, -0.2) is 5.57 Å². The molecule has 3 aromatic carbocycles. The molecule has 1 aliphatic carbocycles. The van der Waals surface area contributed by atoms with Crippen molar-refractivity contribution >= 4 is 20.7 Å². The molecule has 0 saturated carbocycles. The fourth-order valence-electron chi connectivity index (χ4n) is 3.91. The molecule has 0 N–H and O–H groups in total. The minimum Gasteiger partial charge on any atom is -1.00 e. The van der Waals surface area contributed by atoms with Gasteiger partial charge in [0.1, 0.15) is 0 Å². The number of hydrogen-bond donors (Lipinski definition) is 0. The molecule has 0 saturated heterocycles. The Labute approximate surface area is 236 Å². The van der Waals surface area contributed by atoms with Gasteiger partial charge in [0.15, 0.2) is 0 Å². The molecule has 0 amide bonds. The Kier molecular flexibility index (Phi) is 17.6. The standard InChI is InChI=1S/C15H11.C9H13.C6H14Ge.2ClH.Zr/c1-2-6-12(7-3-1)15-11-10-13-8-4-5-9-14(13)15;1-6-5-7(2)9(4)8(6)3;1-3-5-7-6-4-2;;;/h1-11H;6H,1-4H3;3-6H2,1-2H3;2*1H;/q2*-1;;;;+2/p-2. The molecule has 0 aliphatic heterocycles. The van der Waals surface area contributed by atoms with Crippen LogP contribution in [0.4, 0.5) is 0 Å². The molecule has 34 heavy (non-hydrogen) atoms. The number of fused-ring (bicyclic) bond motifs is 1. The molecule has 0 spiro atoms. The van der Waals surface area contributed by atoms with E-state index >= 15 is 0 Å². The van der Waals surface area contributed by atoms with Crippen LogP contribution in [-0.4, -0.2) is 9.98 Å². The molecule has 0 nitrogen and oxygen atoms in total. The molecule has 0 fully saturated rings.